The van der Waals surface area contributed by atoms with E-state index in [4.69, 9.17) is 9.94 Å². The van der Waals surface area contributed by atoms with Gasteiger partial charge in [0, 0.05) is 28.0 Å². The van der Waals surface area contributed by atoms with Crippen molar-refractivity contribution < 1.29 is 15.1 Å². The number of ether oxygens (including phenoxy) is 1. The lowest BCUT2D eigenvalue weighted by Crippen LogP contribution is -1.92. The number of methoxy groups -OCH3 is 1. The van der Waals surface area contributed by atoms with Gasteiger partial charge in [-0.2, -0.15) is 0 Å². The molecule has 1 aromatic heterocycles. The van der Waals surface area contributed by atoms with Gasteiger partial charge in [-0.05, 0) is 38.5 Å². The minimum absolute atomic E-state index is 0.122. The Morgan fingerprint density at radius 3 is 2.71 bits per heavy atom. The molecule has 0 fully saturated rings. The summed E-state index contributed by atoms with van der Waals surface area (Å²) >= 11 is 0. The molecule has 3 rings (SSSR count). The first-order valence-corrected chi connectivity index (χ1v) is 7.70. The fraction of sp³-hybridized carbons (Fsp3) is 0.211. The number of H-pyrrole nitrogens is 1. The molecule has 0 saturated carbocycles. The molecule has 2 aromatic carbocycles. The number of hydrogen-bond donors (Lipinski definition) is 3. The highest BCUT2D eigenvalue weighted by molar-refractivity contribution is 6.11. The van der Waals surface area contributed by atoms with Gasteiger partial charge in [-0.3, -0.25) is 0 Å². The number of aromatic amines is 1. The quantitative estimate of drug-likeness (QED) is 0.289. The summed E-state index contributed by atoms with van der Waals surface area (Å²) in [4.78, 5) is 3.38. The molecule has 3 aromatic rings. The lowest BCUT2D eigenvalue weighted by atomic mass is 10.0. The Balaban J connectivity index is 2.35. The highest BCUT2D eigenvalue weighted by Gasteiger charge is 2.15. The van der Waals surface area contributed by atoms with E-state index in [1.165, 1.54) is 11.8 Å². The van der Waals surface area contributed by atoms with Crippen molar-refractivity contribution in [2.75, 3.05) is 7.11 Å². The van der Waals surface area contributed by atoms with Crippen LogP contribution in [0, 0.1) is 0 Å². The average Bonchev–Trinajstić information content (AvgIpc) is 2.92. The van der Waals surface area contributed by atoms with Crippen molar-refractivity contribution in [3.8, 4) is 11.5 Å². The molecule has 1 heterocycles. The van der Waals surface area contributed by atoms with Gasteiger partial charge in [0.05, 0.1) is 24.4 Å². The van der Waals surface area contributed by atoms with Gasteiger partial charge in [0.1, 0.15) is 11.5 Å². The summed E-state index contributed by atoms with van der Waals surface area (Å²) in [6.07, 6.45) is 3.89. The molecule has 0 unspecified atom stereocenters. The van der Waals surface area contributed by atoms with Crippen molar-refractivity contribution in [1.82, 2.24) is 4.98 Å². The van der Waals surface area contributed by atoms with Crippen LogP contribution in [0.3, 0.4) is 0 Å². The molecular formula is C19H20N2O3. The predicted molar refractivity (Wildman–Crippen MR) is 96.5 cm³/mol. The second-order valence-electron chi connectivity index (χ2n) is 5.98. The standard InChI is InChI=1S/C19H20N2O3/c1-11(2)4-6-15-18-16(8-12(10-20-23)19(15)22)14-7-5-13(24-3)9-17(14)21-18/h4-5,7-10,21-23H,6H2,1-3H3/b20-10+. The third-order valence-electron chi connectivity index (χ3n) is 4.12. The molecule has 0 atom stereocenters. The van der Waals surface area contributed by atoms with Crippen LogP contribution in [0.2, 0.25) is 0 Å². The zero-order chi connectivity index (χ0) is 17.3. The number of aromatic hydroxyl groups is 1. The molecule has 0 spiro atoms. The number of rotatable bonds is 4. The zero-order valence-electron chi connectivity index (χ0n) is 13.9. The van der Waals surface area contributed by atoms with Crippen molar-refractivity contribution in [2.45, 2.75) is 20.3 Å². The summed E-state index contributed by atoms with van der Waals surface area (Å²) in [6, 6.07) is 7.63. The summed E-state index contributed by atoms with van der Waals surface area (Å²) < 4.78 is 5.28. The van der Waals surface area contributed by atoms with Crippen LogP contribution in [0.15, 0.2) is 41.1 Å². The second kappa shape index (κ2) is 6.28. The molecule has 0 bridgehead atoms. The molecule has 0 aliphatic rings. The van der Waals surface area contributed by atoms with Gasteiger partial charge < -0.3 is 20.0 Å². The van der Waals surface area contributed by atoms with Crippen molar-refractivity contribution in [3.63, 3.8) is 0 Å². The summed E-state index contributed by atoms with van der Waals surface area (Å²) in [5.74, 6) is 0.887. The lowest BCUT2D eigenvalue weighted by molar-refractivity contribution is 0.321. The minimum atomic E-state index is 0.122. The normalized spacial score (nSPS) is 11.5. The SMILES string of the molecule is COc1ccc2c(c1)[nH]c1c(CC=C(C)C)c(O)c(/C=N/O)cc12. The van der Waals surface area contributed by atoms with E-state index in [-0.39, 0.29) is 5.75 Å². The first-order valence-electron chi connectivity index (χ1n) is 7.70. The maximum Gasteiger partial charge on any atom is 0.130 e. The van der Waals surface area contributed by atoms with Crippen molar-refractivity contribution >= 4 is 28.0 Å². The van der Waals surface area contributed by atoms with Crippen molar-refractivity contribution in [1.29, 1.82) is 0 Å². The van der Waals surface area contributed by atoms with E-state index in [1.54, 1.807) is 7.11 Å². The van der Waals surface area contributed by atoms with Crippen LogP contribution in [-0.2, 0) is 6.42 Å². The first-order chi connectivity index (χ1) is 11.5. The van der Waals surface area contributed by atoms with Crippen LogP contribution in [-0.4, -0.2) is 28.6 Å². The number of nitrogens with zero attached hydrogens (tertiary/aromatic N) is 1. The lowest BCUT2D eigenvalue weighted by Gasteiger charge is -2.08. The molecule has 0 saturated heterocycles. The van der Waals surface area contributed by atoms with Crippen LogP contribution in [0.4, 0.5) is 0 Å². The number of benzene rings is 2. The van der Waals surface area contributed by atoms with Crippen molar-refractivity contribution in [3.05, 3.63) is 47.0 Å². The Hall–Kier alpha value is -2.95. The summed E-state index contributed by atoms with van der Waals surface area (Å²) in [5, 5.41) is 24.5. The van der Waals surface area contributed by atoms with E-state index in [0.717, 1.165) is 33.1 Å². The minimum Gasteiger partial charge on any atom is -0.507 e. The highest BCUT2D eigenvalue weighted by atomic mass is 16.5. The van der Waals surface area contributed by atoms with E-state index < -0.39 is 0 Å². The molecule has 0 amide bonds. The van der Waals surface area contributed by atoms with Crippen molar-refractivity contribution in [2.24, 2.45) is 5.16 Å². The first kappa shape index (κ1) is 15.9. The third kappa shape index (κ3) is 2.69. The summed E-state index contributed by atoms with van der Waals surface area (Å²) in [7, 11) is 1.63. The van der Waals surface area contributed by atoms with Crippen LogP contribution in [0.25, 0.3) is 21.8 Å². The van der Waals surface area contributed by atoms with Gasteiger partial charge in [0.15, 0.2) is 0 Å². The highest BCUT2D eigenvalue weighted by Crippen LogP contribution is 2.36. The monoisotopic (exact) mass is 324 g/mol. The van der Waals surface area contributed by atoms with Gasteiger partial charge in [-0.1, -0.05) is 16.8 Å². The van der Waals surface area contributed by atoms with Crippen LogP contribution >= 0.6 is 0 Å². The molecule has 124 valence electrons. The molecule has 0 radical (unpaired) electrons. The van der Waals surface area contributed by atoms with Gasteiger partial charge in [0.25, 0.3) is 0 Å². The number of aromatic nitrogens is 1. The number of hydrogen-bond acceptors (Lipinski definition) is 4. The van der Waals surface area contributed by atoms with E-state index in [0.29, 0.717) is 12.0 Å². The smallest absolute Gasteiger partial charge is 0.130 e. The number of phenols is 1. The average molecular weight is 324 g/mol. The Morgan fingerprint density at radius 1 is 1.25 bits per heavy atom. The largest absolute Gasteiger partial charge is 0.507 e. The van der Waals surface area contributed by atoms with E-state index in [9.17, 15) is 5.11 Å². The summed E-state index contributed by atoms with van der Waals surface area (Å²) in [6.45, 7) is 4.03. The number of allylic oxidation sites excluding steroid dienone is 2. The Kier molecular flexibility index (Phi) is 4.16. The fourth-order valence-electron chi connectivity index (χ4n) is 2.90. The Morgan fingerprint density at radius 2 is 2.04 bits per heavy atom. The molecule has 3 N–H and O–H groups in total. The number of fused-ring (bicyclic) bond motifs is 3. The maximum atomic E-state index is 10.6. The Bertz CT molecular complexity index is 964. The van der Waals surface area contributed by atoms with Crippen LogP contribution in [0.5, 0.6) is 11.5 Å². The molecule has 24 heavy (non-hydrogen) atoms. The van der Waals surface area contributed by atoms with Gasteiger partial charge >= 0.3 is 0 Å². The molecular weight excluding hydrogens is 304 g/mol. The van der Waals surface area contributed by atoms with Gasteiger partial charge in [0.2, 0.25) is 0 Å². The zero-order valence-corrected chi connectivity index (χ0v) is 13.9. The van der Waals surface area contributed by atoms with E-state index in [1.807, 2.05) is 38.1 Å². The van der Waals surface area contributed by atoms with Crippen LogP contribution in [0.1, 0.15) is 25.0 Å². The Labute approximate surface area is 139 Å². The number of nitrogens with one attached hydrogen (secondary N) is 1. The third-order valence-corrected chi connectivity index (χ3v) is 4.12. The molecule has 0 aliphatic heterocycles. The molecule has 5 heteroatoms. The predicted octanol–water partition coefficient (Wildman–Crippen LogP) is 4.35. The van der Waals surface area contributed by atoms with E-state index in [2.05, 4.69) is 16.2 Å². The maximum absolute atomic E-state index is 10.6. The number of phenolic OH excluding ortho intramolecular Hbond substituents is 1. The van der Waals surface area contributed by atoms with Crippen LogP contribution < -0.4 is 4.74 Å². The number of oxime groups is 1. The molecule has 0 aliphatic carbocycles. The van der Waals surface area contributed by atoms with Gasteiger partial charge in [-0.25, -0.2) is 0 Å². The topological polar surface area (TPSA) is 77.8 Å². The van der Waals surface area contributed by atoms with Gasteiger partial charge in [-0.15, -0.1) is 0 Å². The molecule has 5 nitrogen and oxygen atoms in total. The fourth-order valence-corrected chi connectivity index (χ4v) is 2.90. The summed E-state index contributed by atoms with van der Waals surface area (Å²) in [5.41, 5.74) is 4.24. The van der Waals surface area contributed by atoms with E-state index >= 15 is 0 Å². The second-order valence-corrected chi connectivity index (χ2v) is 5.98.